The van der Waals surface area contributed by atoms with E-state index in [0.29, 0.717) is 41.8 Å². The Balaban J connectivity index is 1.25. The Morgan fingerprint density at radius 3 is 2.50 bits per heavy atom. The quantitative estimate of drug-likeness (QED) is 0.0963. The summed E-state index contributed by atoms with van der Waals surface area (Å²) in [5, 5.41) is 24.9. The lowest BCUT2D eigenvalue weighted by atomic mass is 9.82. The number of aryl methyl sites for hydroxylation is 1. The molecule has 5 atom stereocenters. The van der Waals surface area contributed by atoms with Crippen LogP contribution in [0.4, 0.5) is 5.69 Å². The molecule has 12 heteroatoms. The molecule has 7 rings (SSSR count). The lowest BCUT2D eigenvalue weighted by molar-refractivity contribution is -0.145. The maximum atomic E-state index is 15.1. The van der Waals surface area contributed by atoms with E-state index >= 15 is 4.79 Å². The number of hydrogen-bond donors (Lipinski definition) is 2. The molecule has 11 nitrogen and oxygen atoms in total. The van der Waals surface area contributed by atoms with E-state index < -0.39 is 25.9 Å². The summed E-state index contributed by atoms with van der Waals surface area (Å²) in [5.74, 6) is -0.876. The smallest absolute Gasteiger partial charge is 0.279 e. The third-order valence-electron chi connectivity index (χ3n) is 11.6. The Morgan fingerprint density at radius 1 is 1.02 bits per heavy atom. The van der Waals surface area contributed by atoms with Crippen LogP contribution in [0, 0.1) is 5.92 Å². The summed E-state index contributed by atoms with van der Waals surface area (Å²) in [6.07, 6.45) is 9.67. The molecule has 1 amide bonds. The molecule has 292 valence electrons. The van der Waals surface area contributed by atoms with E-state index in [4.69, 9.17) is 4.74 Å². The molecule has 3 aromatic carbocycles. The SMILES string of the molecule is CC(C)=CCC/C(C)=C/CN1C(=O)[C@]2(O[C@H](CCn3cc(C(CO)c4ccccc4)nn3)[C@@H]([Si](C)(C)O)[C@@H]2C)c2cc(-n3ncc4ccccc4c3=O)ccc21. The van der Waals surface area contributed by atoms with Gasteiger partial charge in [0.25, 0.3) is 11.5 Å². The first-order chi connectivity index (χ1) is 26.8. The van der Waals surface area contributed by atoms with Crippen LogP contribution in [-0.4, -0.2) is 68.2 Å². The van der Waals surface area contributed by atoms with E-state index in [-0.39, 0.29) is 29.5 Å². The Labute approximate surface area is 329 Å². The van der Waals surface area contributed by atoms with Crippen LogP contribution in [0.3, 0.4) is 0 Å². The first-order valence-electron chi connectivity index (χ1n) is 19.5. The van der Waals surface area contributed by atoms with Gasteiger partial charge in [-0.05, 0) is 83.0 Å². The molecule has 1 saturated heterocycles. The van der Waals surface area contributed by atoms with Gasteiger partial charge in [0, 0.05) is 41.7 Å². The number of rotatable bonds is 13. The Bertz CT molecular complexity index is 2340. The standard InChI is InChI=1S/C44H52N6O5Si/c1-29(2)13-12-14-30(3)21-24-49-39-20-19-34(50-42(52)35-18-11-10-17-33(35)26-45-50)25-37(39)44(43(49)53)31(4)41(56(5,6)54)40(55-44)22-23-48-27-38(46-47-48)36(28-51)32-15-8-7-9-16-32/h7-11,13,15-21,25-27,31,36,40-41,51,54H,12,14,22-24,28H2,1-6H3/b30-21+/t31-,36?,40+,41-,44+/m0/s1. The van der Waals surface area contributed by atoms with Gasteiger partial charge >= 0.3 is 0 Å². The van der Waals surface area contributed by atoms with E-state index in [2.05, 4.69) is 48.3 Å². The number of nitrogens with zero attached hydrogens (tertiary/aromatic N) is 6. The van der Waals surface area contributed by atoms with Gasteiger partial charge in [0.15, 0.2) is 13.9 Å². The van der Waals surface area contributed by atoms with Crippen molar-refractivity contribution in [2.75, 3.05) is 18.1 Å². The zero-order chi connectivity index (χ0) is 39.8. The third-order valence-corrected chi connectivity index (χ3v) is 14.1. The van der Waals surface area contributed by atoms with Gasteiger partial charge in [0.05, 0.1) is 47.3 Å². The maximum absolute atomic E-state index is 15.1. The Hall–Kier alpha value is -5.01. The second-order valence-corrected chi connectivity index (χ2v) is 20.1. The number of fused-ring (bicyclic) bond motifs is 3. The molecule has 0 saturated carbocycles. The third kappa shape index (κ3) is 7.34. The summed E-state index contributed by atoms with van der Waals surface area (Å²) >= 11 is 0. The predicted octanol–water partition coefficient (Wildman–Crippen LogP) is 7.03. The van der Waals surface area contributed by atoms with Crippen molar-refractivity contribution in [2.45, 2.75) is 89.8 Å². The van der Waals surface area contributed by atoms with Gasteiger partial charge in [-0.25, -0.2) is 0 Å². The number of ether oxygens (including phenoxy) is 1. The highest BCUT2D eigenvalue weighted by atomic mass is 28.4. The first kappa shape index (κ1) is 39.2. The number of aliphatic hydroxyl groups is 1. The number of amides is 1. The molecule has 5 aromatic rings. The van der Waals surface area contributed by atoms with Gasteiger partial charge in [-0.3, -0.25) is 14.3 Å². The van der Waals surface area contributed by atoms with Gasteiger partial charge < -0.3 is 19.5 Å². The summed E-state index contributed by atoms with van der Waals surface area (Å²) in [4.78, 5) is 42.6. The number of benzene rings is 3. The van der Waals surface area contributed by atoms with E-state index in [1.165, 1.54) is 15.8 Å². The van der Waals surface area contributed by atoms with E-state index in [1.54, 1.807) is 21.8 Å². The second-order valence-electron chi connectivity index (χ2n) is 16.1. The van der Waals surface area contributed by atoms with Gasteiger partial charge in [0.1, 0.15) is 0 Å². The Kier molecular flexibility index (Phi) is 11.1. The van der Waals surface area contributed by atoms with Crippen molar-refractivity contribution in [3.63, 3.8) is 0 Å². The van der Waals surface area contributed by atoms with Gasteiger partial charge in [-0.2, -0.15) is 9.78 Å². The molecule has 0 radical (unpaired) electrons. The normalized spacial score (nSPS) is 21.6. The fourth-order valence-corrected chi connectivity index (χ4v) is 11.4. The number of aliphatic hydroxyl groups excluding tert-OH is 1. The molecule has 56 heavy (non-hydrogen) atoms. The topological polar surface area (TPSA) is 136 Å². The minimum Gasteiger partial charge on any atom is -0.432 e. The summed E-state index contributed by atoms with van der Waals surface area (Å²) in [6.45, 7) is 12.8. The largest absolute Gasteiger partial charge is 0.432 e. The fourth-order valence-electron chi connectivity index (χ4n) is 8.76. The summed E-state index contributed by atoms with van der Waals surface area (Å²) in [5.41, 5.74) is 4.04. The minimum atomic E-state index is -2.95. The van der Waals surface area contributed by atoms with Crippen LogP contribution in [0.1, 0.15) is 69.7 Å². The molecular formula is C44H52N6O5Si. The zero-order valence-electron chi connectivity index (χ0n) is 33.1. The van der Waals surface area contributed by atoms with Crippen LogP contribution in [0.2, 0.25) is 18.6 Å². The van der Waals surface area contributed by atoms with Crippen LogP contribution in [0.5, 0.6) is 0 Å². The zero-order valence-corrected chi connectivity index (χ0v) is 34.1. The van der Waals surface area contributed by atoms with Crippen LogP contribution in [0.25, 0.3) is 16.5 Å². The molecule has 1 spiro atoms. The van der Waals surface area contributed by atoms with Crippen LogP contribution in [-0.2, 0) is 21.7 Å². The summed E-state index contributed by atoms with van der Waals surface area (Å²) in [7, 11) is -2.95. The summed E-state index contributed by atoms with van der Waals surface area (Å²) < 4.78 is 10.3. The number of carbonyl (C=O) groups excluding carboxylic acids is 1. The minimum absolute atomic E-state index is 0.105. The molecule has 2 aromatic heterocycles. The van der Waals surface area contributed by atoms with Crippen LogP contribution >= 0.6 is 0 Å². The number of anilines is 1. The molecular weight excluding hydrogens is 721 g/mol. The second kappa shape index (κ2) is 15.9. The highest BCUT2D eigenvalue weighted by Crippen LogP contribution is 2.60. The molecule has 0 aliphatic carbocycles. The van der Waals surface area contributed by atoms with Crippen LogP contribution in [0.15, 0.2) is 113 Å². The number of aromatic nitrogens is 5. The molecule has 2 aliphatic heterocycles. The molecule has 2 N–H and O–H groups in total. The molecule has 4 heterocycles. The highest BCUT2D eigenvalue weighted by molar-refractivity contribution is 6.71. The molecule has 1 unspecified atom stereocenters. The Morgan fingerprint density at radius 2 is 1.77 bits per heavy atom. The maximum Gasteiger partial charge on any atom is 0.279 e. The lowest BCUT2D eigenvalue weighted by Crippen LogP contribution is -2.46. The van der Waals surface area contributed by atoms with E-state index in [0.717, 1.165) is 29.5 Å². The van der Waals surface area contributed by atoms with Crippen molar-refractivity contribution in [2.24, 2.45) is 5.92 Å². The highest BCUT2D eigenvalue weighted by Gasteiger charge is 2.66. The monoisotopic (exact) mass is 772 g/mol. The average Bonchev–Trinajstić information content (AvgIpc) is 3.83. The van der Waals surface area contributed by atoms with Crippen molar-refractivity contribution in [3.8, 4) is 5.69 Å². The first-order valence-corrected chi connectivity index (χ1v) is 22.5. The average molecular weight is 773 g/mol. The number of allylic oxidation sites excluding steroid dienone is 3. The predicted molar refractivity (Wildman–Crippen MR) is 221 cm³/mol. The molecule has 1 fully saturated rings. The van der Waals surface area contributed by atoms with Crippen molar-refractivity contribution < 1.29 is 19.4 Å². The molecule has 2 aliphatic rings. The number of carbonyl (C=O) groups is 1. The lowest BCUT2D eigenvalue weighted by Gasteiger charge is -2.32. The van der Waals surface area contributed by atoms with Gasteiger partial charge in [0.2, 0.25) is 0 Å². The molecule has 0 bridgehead atoms. The van der Waals surface area contributed by atoms with Gasteiger partial charge in [-0.15, -0.1) is 5.10 Å². The van der Waals surface area contributed by atoms with Crippen LogP contribution < -0.4 is 10.5 Å². The van der Waals surface area contributed by atoms with E-state index in [1.807, 2.05) is 92.9 Å². The number of hydrogen-bond acceptors (Lipinski definition) is 8. The van der Waals surface area contributed by atoms with Crippen molar-refractivity contribution in [3.05, 3.63) is 136 Å². The van der Waals surface area contributed by atoms with Crippen molar-refractivity contribution >= 4 is 30.7 Å². The van der Waals surface area contributed by atoms with E-state index in [9.17, 15) is 14.7 Å². The fraction of sp³-hybridized carbons (Fsp3) is 0.386. The van der Waals surface area contributed by atoms with Gasteiger partial charge in [-0.1, -0.05) is 84.0 Å². The van der Waals surface area contributed by atoms with Crippen molar-refractivity contribution in [1.29, 1.82) is 0 Å². The van der Waals surface area contributed by atoms with Crippen molar-refractivity contribution in [1.82, 2.24) is 24.8 Å². The summed E-state index contributed by atoms with van der Waals surface area (Å²) in [6, 6.07) is 22.7.